The molecule has 2 heteroatoms. The third kappa shape index (κ3) is 3.68. The van der Waals surface area contributed by atoms with Crippen molar-refractivity contribution in [2.45, 2.75) is 39.3 Å². The van der Waals surface area contributed by atoms with E-state index in [4.69, 9.17) is 0 Å². The zero-order chi connectivity index (χ0) is 8.85. The van der Waals surface area contributed by atoms with Crippen LogP contribution in [0.3, 0.4) is 0 Å². The molecule has 3 unspecified atom stereocenters. The minimum atomic E-state index is -0.520. The lowest BCUT2D eigenvalue weighted by Crippen LogP contribution is -2.22. The van der Waals surface area contributed by atoms with Crippen LogP contribution >= 0.6 is 0 Å². The Hall–Kier alpha value is -0.140. The highest BCUT2D eigenvalue weighted by Gasteiger charge is 2.24. The van der Waals surface area contributed by atoms with Gasteiger partial charge in [-0.3, -0.25) is 4.39 Å². The molecule has 1 aliphatic rings. The van der Waals surface area contributed by atoms with Gasteiger partial charge < -0.3 is 0 Å². The first-order valence-corrected chi connectivity index (χ1v) is 4.22. The maximum Gasteiger partial charge on any atom is 0.103 e. The van der Waals surface area contributed by atoms with Crippen molar-refractivity contribution in [3.63, 3.8) is 0 Å². The van der Waals surface area contributed by atoms with Crippen molar-refractivity contribution in [3.05, 3.63) is 0 Å². The van der Waals surface area contributed by atoms with E-state index in [0.717, 1.165) is 12.8 Å². The van der Waals surface area contributed by atoms with Crippen LogP contribution in [-0.4, -0.2) is 13.3 Å². The second-order valence-electron chi connectivity index (χ2n) is 3.41. The molecule has 0 saturated heterocycles. The summed E-state index contributed by atoms with van der Waals surface area (Å²) in [6.07, 6.45) is 2.58. The molecule has 0 radical (unpaired) electrons. The van der Waals surface area contributed by atoms with Crippen LogP contribution in [-0.2, 0) is 0 Å². The molecular formula is C9H18F2. The fourth-order valence-corrected chi connectivity index (χ4v) is 1.46. The summed E-state index contributed by atoms with van der Waals surface area (Å²) in [6.45, 7) is 4.15. The van der Waals surface area contributed by atoms with Gasteiger partial charge in [-0.15, -0.1) is 0 Å². The molecule has 0 aromatic carbocycles. The molecule has 1 saturated carbocycles. The Bertz CT molecular complexity index is 93.6. The second kappa shape index (κ2) is 5.50. The van der Waals surface area contributed by atoms with Crippen molar-refractivity contribution in [1.29, 1.82) is 0 Å². The normalized spacial score (nSPS) is 37.4. The smallest absolute Gasteiger partial charge is 0.103 e. The Morgan fingerprint density at radius 1 is 1.09 bits per heavy atom. The Kier molecular flexibility index (Phi) is 5.43. The van der Waals surface area contributed by atoms with E-state index < -0.39 is 6.17 Å². The Labute approximate surface area is 68.0 Å². The molecule has 0 amide bonds. The minimum Gasteiger partial charge on any atom is -0.255 e. The monoisotopic (exact) mass is 164 g/mol. The highest BCUT2D eigenvalue weighted by Crippen LogP contribution is 2.30. The van der Waals surface area contributed by atoms with Crippen LogP contribution in [0.2, 0.25) is 0 Å². The Morgan fingerprint density at radius 2 is 1.64 bits per heavy atom. The van der Waals surface area contributed by atoms with Crippen LogP contribution in [0.15, 0.2) is 0 Å². The van der Waals surface area contributed by atoms with E-state index in [9.17, 15) is 8.78 Å². The van der Waals surface area contributed by atoms with E-state index in [-0.39, 0.29) is 0 Å². The molecule has 11 heavy (non-hydrogen) atoms. The largest absolute Gasteiger partial charge is 0.255 e. The van der Waals surface area contributed by atoms with E-state index in [1.54, 1.807) is 0 Å². The van der Waals surface area contributed by atoms with Crippen LogP contribution in [0.5, 0.6) is 0 Å². The van der Waals surface area contributed by atoms with Gasteiger partial charge in [-0.05, 0) is 24.7 Å². The summed E-state index contributed by atoms with van der Waals surface area (Å²) in [5.41, 5.74) is 0. The molecule has 0 bridgehead atoms. The molecule has 0 heterocycles. The third-order valence-corrected chi connectivity index (χ3v) is 2.36. The van der Waals surface area contributed by atoms with Gasteiger partial charge in [0.2, 0.25) is 0 Å². The number of hydrogen-bond donors (Lipinski definition) is 0. The molecule has 3 atom stereocenters. The van der Waals surface area contributed by atoms with Crippen LogP contribution in [0.4, 0.5) is 8.78 Å². The van der Waals surface area contributed by atoms with Gasteiger partial charge in [-0.25, -0.2) is 4.39 Å². The van der Waals surface area contributed by atoms with Gasteiger partial charge in [0.05, 0.1) is 7.18 Å². The fraction of sp³-hybridized carbons (Fsp3) is 1.00. The maximum absolute atomic E-state index is 12.8. The van der Waals surface area contributed by atoms with Crippen molar-refractivity contribution < 1.29 is 8.78 Å². The number of rotatable bonds is 0. The number of hydrogen-bond acceptors (Lipinski definition) is 0. The number of halogens is 2. The molecule has 1 fully saturated rings. The predicted molar refractivity (Wildman–Crippen MR) is 44.1 cm³/mol. The zero-order valence-electron chi connectivity index (χ0n) is 7.61. The van der Waals surface area contributed by atoms with E-state index in [0.29, 0.717) is 19.0 Å². The van der Waals surface area contributed by atoms with Crippen LogP contribution in [0, 0.1) is 11.8 Å². The van der Waals surface area contributed by atoms with Crippen molar-refractivity contribution in [2.24, 2.45) is 11.8 Å². The lowest BCUT2D eigenvalue weighted by molar-refractivity contribution is 0.145. The summed E-state index contributed by atoms with van der Waals surface area (Å²) in [7, 11) is 0.500. The molecule has 1 aliphatic carbocycles. The zero-order valence-corrected chi connectivity index (χ0v) is 7.61. The molecular weight excluding hydrogens is 146 g/mol. The summed E-state index contributed by atoms with van der Waals surface area (Å²) >= 11 is 0. The molecule has 1 rings (SSSR count). The van der Waals surface area contributed by atoms with Gasteiger partial charge in [0, 0.05) is 0 Å². The molecule has 68 valence electrons. The van der Waals surface area contributed by atoms with E-state index >= 15 is 0 Å². The van der Waals surface area contributed by atoms with Crippen LogP contribution in [0.25, 0.3) is 0 Å². The first kappa shape index (κ1) is 10.9. The van der Waals surface area contributed by atoms with Crippen molar-refractivity contribution in [3.8, 4) is 0 Å². The molecule has 0 N–H and O–H groups in total. The average Bonchev–Trinajstić information content (AvgIpc) is 2.02. The van der Waals surface area contributed by atoms with Gasteiger partial charge in [-0.1, -0.05) is 20.3 Å². The summed E-state index contributed by atoms with van der Waals surface area (Å²) in [4.78, 5) is 0. The predicted octanol–water partition coefficient (Wildman–Crippen LogP) is 3.37. The summed E-state index contributed by atoms with van der Waals surface area (Å²) in [6, 6.07) is 0. The van der Waals surface area contributed by atoms with Gasteiger partial charge in [-0.2, -0.15) is 0 Å². The van der Waals surface area contributed by atoms with E-state index in [1.165, 1.54) is 6.42 Å². The molecule has 0 aromatic heterocycles. The first-order chi connectivity index (χ1) is 5.20. The first-order valence-electron chi connectivity index (χ1n) is 4.22. The van der Waals surface area contributed by atoms with E-state index in [1.807, 2.05) is 6.92 Å². The minimum absolute atomic E-state index is 0.321. The lowest BCUT2D eigenvalue weighted by Gasteiger charge is -2.26. The van der Waals surface area contributed by atoms with Crippen molar-refractivity contribution in [1.82, 2.24) is 0 Å². The molecule has 0 aromatic rings. The summed E-state index contributed by atoms with van der Waals surface area (Å²) in [5.74, 6) is 0.942. The van der Waals surface area contributed by atoms with Crippen molar-refractivity contribution in [2.75, 3.05) is 7.18 Å². The standard InChI is InChI=1S/C8H15F.CH3F/c1-6-3-4-7(2)8(9)5-6;1-2/h6-8H,3-5H2,1-2H3;1H3. The SMILES string of the molecule is CC1CCC(C)C(F)C1.CF. The highest BCUT2D eigenvalue weighted by molar-refractivity contribution is 4.74. The van der Waals surface area contributed by atoms with Crippen molar-refractivity contribution >= 4 is 0 Å². The van der Waals surface area contributed by atoms with Gasteiger partial charge in [0.15, 0.2) is 0 Å². The fourth-order valence-electron chi connectivity index (χ4n) is 1.46. The lowest BCUT2D eigenvalue weighted by atomic mass is 9.83. The molecule has 0 aliphatic heterocycles. The highest BCUT2D eigenvalue weighted by atomic mass is 19.1. The quantitative estimate of drug-likeness (QED) is 0.515. The van der Waals surface area contributed by atoms with E-state index in [2.05, 4.69) is 6.92 Å². The second-order valence-corrected chi connectivity index (χ2v) is 3.41. The molecule has 0 spiro atoms. The average molecular weight is 164 g/mol. The maximum atomic E-state index is 12.8. The van der Waals surface area contributed by atoms with Crippen LogP contribution in [0.1, 0.15) is 33.1 Å². The van der Waals surface area contributed by atoms with Gasteiger partial charge >= 0.3 is 0 Å². The third-order valence-electron chi connectivity index (χ3n) is 2.36. The molecule has 0 nitrogen and oxygen atoms in total. The number of alkyl halides is 2. The Balaban J connectivity index is 0.000000461. The van der Waals surface area contributed by atoms with Gasteiger partial charge in [0.1, 0.15) is 6.17 Å². The summed E-state index contributed by atoms with van der Waals surface area (Å²) < 4.78 is 22.3. The Morgan fingerprint density at radius 3 is 2.00 bits per heavy atom. The van der Waals surface area contributed by atoms with Crippen LogP contribution < -0.4 is 0 Å². The topological polar surface area (TPSA) is 0 Å². The van der Waals surface area contributed by atoms with Gasteiger partial charge in [0.25, 0.3) is 0 Å². The summed E-state index contributed by atoms with van der Waals surface area (Å²) in [5, 5.41) is 0.